The summed E-state index contributed by atoms with van der Waals surface area (Å²) < 4.78 is 14.8. The molecule has 0 heterocycles. The second kappa shape index (κ2) is 6.07. The van der Waals surface area contributed by atoms with Gasteiger partial charge in [-0.05, 0) is 48.3 Å². The molecule has 2 aromatic rings. The number of rotatable bonds is 3. The Morgan fingerprint density at radius 3 is 2.48 bits per heavy atom. The average molecular weight is 324 g/mol. The molecule has 0 aliphatic heterocycles. The minimum Gasteiger partial charge on any atom is -0.399 e. The van der Waals surface area contributed by atoms with Gasteiger partial charge in [-0.15, -0.1) is 0 Å². The highest BCUT2D eigenvalue weighted by Gasteiger charge is 2.11. The molecule has 21 heavy (non-hydrogen) atoms. The van der Waals surface area contributed by atoms with Gasteiger partial charge >= 0.3 is 6.03 Å². The molecule has 1 atom stereocenters. The molecule has 2 rings (SSSR count). The molecule has 0 aliphatic carbocycles. The van der Waals surface area contributed by atoms with Crippen molar-refractivity contribution in [3.05, 3.63) is 53.6 Å². The lowest BCUT2D eigenvalue weighted by Gasteiger charge is -2.13. The maximum absolute atomic E-state index is 12.4. The van der Waals surface area contributed by atoms with Crippen LogP contribution in [0, 0.1) is 0 Å². The molecule has 0 saturated heterocycles. The molecule has 1 unspecified atom stereocenters. The molecule has 5 nitrogen and oxygen atoms in total. The zero-order valence-electron chi connectivity index (χ0n) is 11.0. The molecule has 0 saturated carbocycles. The zero-order valence-corrected chi connectivity index (χ0v) is 12.6. The van der Waals surface area contributed by atoms with Gasteiger partial charge in [-0.2, -0.15) is 0 Å². The second-order valence-corrected chi connectivity index (χ2v) is 6.77. The van der Waals surface area contributed by atoms with E-state index in [1.54, 1.807) is 48.5 Å². The lowest BCUT2D eigenvalue weighted by atomic mass is 10.3. The van der Waals surface area contributed by atoms with Gasteiger partial charge in [0.05, 0.1) is 9.71 Å². The van der Waals surface area contributed by atoms with Gasteiger partial charge in [0.15, 0.2) is 0 Å². The topological polar surface area (TPSA) is 84.2 Å². The van der Waals surface area contributed by atoms with Crippen molar-refractivity contribution in [3.8, 4) is 0 Å². The van der Waals surface area contributed by atoms with Crippen LogP contribution in [-0.2, 0) is 9.71 Å². The second-order valence-electron chi connectivity index (χ2n) is 4.31. The molecule has 0 spiro atoms. The minimum atomic E-state index is -2.96. The molecule has 0 aromatic heterocycles. The first-order valence-electron chi connectivity index (χ1n) is 5.94. The number of hydrogen-bond donors (Lipinski definition) is 3. The van der Waals surface area contributed by atoms with E-state index < -0.39 is 15.7 Å². The fourth-order valence-corrected chi connectivity index (χ4v) is 2.85. The van der Waals surface area contributed by atoms with Crippen LogP contribution in [-0.4, -0.2) is 16.1 Å². The van der Waals surface area contributed by atoms with E-state index in [0.717, 1.165) is 0 Å². The van der Waals surface area contributed by atoms with E-state index in [9.17, 15) is 9.00 Å². The van der Waals surface area contributed by atoms with Gasteiger partial charge in [-0.3, -0.25) is 4.72 Å². The normalized spacial score (nSPS) is 13.2. The Morgan fingerprint density at radius 1 is 1.19 bits per heavy atom. The Kier molecular flexibility index (Phi) is 4.40. The lowest BCUT2D eigenvalue weighted by Crippen LogP contribution is -2.34. The average Bonchev–Trinajstić information content (AvgIpc) is 2.38. The third-order valence-electron chi connectivity index (χ3n) is 2.60. The van der Waals surface area contributed by atoms with E-state index >= 15 is 0 Å². The van der Waals surface area contributed by atoms with Crippen molar-refractivity contribution in [2.45, 2.75) is 4.90 Å². The summed E-state index contributed by atoms with van der Waals surface area (Å²) in [5, 5.41) is 3.03. The summed E-state index contributed by atoms with van der Waals surface area (Å²) in [6.45, 7) is 0. The third kappa shape index (κ3) is 4.14. The predicted octanol–water partition coefficient (Wildman–Crippen LogP) is 2.73. The number of nitrogens with one attached hydrogen (secondary N) is 2. The largest absolute Gasteiger partial charge is 0.399 e. The first-order valence-corrected chi connectivity index (χ1v) is 8.04. The highest BCUT2D eigenvalue weighted by Crippen LogP contribution is 2.15. The van der Waals surface area contributed by atoms with E-state index in [1.165, 1.54) is 0 Å². The van der Waals surface area contributed by atoms with E-state index in [4.69, 9.17) is 17.3 Å². The fourth-order valence-electron chi connectivity index (χ4n) is 1.62. The van der Waals surface area contributed by atoms with Crippen molar-refractivity contribution in [2.24, 2.45) is 0 Å². The summed E-state index contributed by atoms with van der Waals surface area (Å²) in [4.78, 5) is 12.3. The van der Waals surface area contributed by atoms with Gasteiger partial charge < -0.3 is 11.1 Å². The molecular formula is C14H14ClN3O2S. The standard InChI is InChI=1S/C14H14ClN3O2S/c1-21(20,13-7-5-11(16)6-8-13)18-14(19)17-12-4-2-3-10(15)9-12/h2-9H,1,16H2,(H2,17,18,19,20). The van der Waals surface area contributed by atoms with E-state index in [2.05, 4.69) is 15.9 Å². The Balaban J connectivity index is 2.09. The molecule has 0 radical (unpaired) electrons. The molecule has 0 aliphatic rings. The number of benzene rings is 2. The van der Waals surface area contributed by atoms with E-state index in [1.807, 2.05) is 0 Å². The maximum atomic E-state index is 12.4. The molecule has 0 bridgehead atoms. The summed E-state index contributed by atoms with van der Waals surface area (Å²) in [5.74, 6) is 3.56. The number of urea groups is 1. The summed E-state index contributed by atoms with van der Waals surface area (Å²) >= 11 is 5.82. The summed E-state index contributed by atoms with van der Waals surface area (Å²) in [5.41, 5.74) is 6.59. The van der Waals surface area contributed by atoms with Gasteiger partial charge in [0.1, 0.15) is 0 Å². The Bertz CT molecular complexity index is 758. The van der Waals surface area contributed by atoms with Crippen LogP contribution in [0.3, 0.4) is 0 Å². The predicted molar refractivity (Wildman–Crippen MR) is 88.0 cm³/mol. The van der Waals surface area contributed by atoms with Crippen LogP contribution < -0.4 is 15.8 Å². The zero-order chi connectivity index (χ0) is 15.5. The molecule has 0 fully saturated rings. The van der Waals surface area contributed by atoms with Gasteiger partial charge in [-0.1, -0.05) is 17.7 Å². The Hall–Kier alpha value is -2.18. The van der Waals surface area contributed by atoms with Crippen molar-refractivity contribution < 1.29 is 9.00 Å². The number of hydrogen-bond acceptors (Lipinski definition) is 3. The van der Waals surface area contributed by atoms with Crippen LogP contribution in [0.5, 0.6) is 0 Å². The van der Waals surface area contributed by atoms with Crippen LogP contribution >= 0.6 is 11.6 Å². The molecule has 2 amide bonds. The smallest absolute Gasteiger partial charge is 0.330 e. The van der Waals surface area contributed by atoms with Crippen LogP contribution in [0.1, 0.15) is 0 Å². The van der Waals surface area contributed by atoms with Crippen molar-refractivity contribution in [3.63, 3.8) is 0 Å². The Morgan fingerprint density at radius 2 is 1.86 bits per heavy atom. The van der Waals surface area contributed by atoms with Crippen molar-refractivity contribution in [2.75, 3.05) is 11.1 Å². The van der Waals surface area contributed by atoms with Gasteiger partial charge in [0, 0.05) is 21.3 Å². The van der Waals surface area contributed by atoms with Gasteiger partial charge in [0.25, 0.3) is 0 Å². The van der Waals surface area contributed by atoms with Crippen molar-refractivity contribution in [1.29, 1.82) is 0 Å². The lowest BCUT2D eigenvalue weighted by molar-refractivity contribution is 0.257. The van der Waals surface area contributed by atoms with Crippen LogP contribution in [0.25, 0.3) is 0 Å². The number of carbonyl (C=O) groups excluding carboxylic acids is 1. The summed E-state index contributed by atoms with van der Waals surface area (Å²) in [7, 11) is -2.96. The molecular weight excluding hydrogens is 310 g/mol. The molecule has 2 aromatic carbocycles. The van der Waals surface area contributed by atoms with Crippen molar-refractivity contribution in [1.82, 2.24) is 4.72 Å². The maximum Gasteiger partial charge on any atom is 0.330 e. The highest BCUT2D eigenvalue weighted by molar-refractivity contribution is 7.99. The summed E-state index contributed by atoms with van der Waals surface area (Å²) in [6.07, 6.45) is 0. The van der Waals surface area contributed by atoms with E-state index in [-0.39, 0.29) is 0 Å². The van der Waals surface area contributed by atoms with Crippen LogP contribution in [0.4, 0.5) is 16.2 Å². The van der Waals surface area contributed by atoms with Crippen LogP contribution in [0.15, 0.2) is 53.4 Å². The SMILES string of the molecule is C=S(=O)(NC(=O)Nc1cccc(Cl)c1)c1ccc(N)cc1. The molecule has 110 valence electrons. The number of amides is 2. The Labute approximate surface area is 128 Å². The van der Waals surface area contributed by atoms with Crippen LogP contribution in [0.2, 0.25) is 5.02 Å². The number of nitrogen functional groups attached to an aromatic ring is 1. The van der Waals surface area contributed by atoms with Crippen molar-refractivity contribution >= 4 is 44.6 Å². The van der Waals surface area contributed by atoms with Gasteiger partial charge in [0.2, 0.25) is 0 Å². The van der Waals surface area contributed by atoms with E-state index in [0.29, 0.717) is 21.3 Å². The minimum absolute atomic E-state index is 0.387. The number of halogens is 1. The third-order valence-corrected chi connectivity index (χ3v) is 4.38. The number of anilines is 2. The van der Waals surface area contributed by atoms with Gasteiger partial charge in [-0.25, -0.2) is 9.00 Å². The molecule has 7 heteroatoms. The fraction of sp³-hybridized carbons (Fsp3) is 0. The molecule has 4 N–H and O–H groups in total. The number of nitrogens with two attached hydrogens (primary N) is 1. The monoisotopic (exact) mass is 323 g/mol. The quantitative estimate of drug-likeness (QED) is 0.600. The first-order chi connectivity index (χ1) is 9.87. The number of carbonyl (C=O) groups is 1. The highest BCUT2D eigenvalue weighted by atomic mass is 35.5. The first kappa shape index (κ1) is 15.2. The summed E-state index contributed by atoms with van der Waals surface area (Å²) in [6, 6.07) is 12.3.